The highest BCUT2D eigenvalue weighted by Gasteiger charge is 2.15. The summed E-state index contributed by atoms with van der Waals surface area (Å²) in [5, 5.41) is 4.64. The standard InChI is InChI=1S/C20H19N3O5S2/c1-27-17-9-3-14(13-18(17)28-2)4-10-19(24)22-15-5-7-16(8-6-15)30(25,26)23-20-21-11-12-29-20/h3-13H,1-2H3,(H,21,23)(H,22,24). The van der Waals surface area contributed by atoms with Gasteiger partial charge in [-0.05, 0) is 48.0 Å². The first-order valence-corrected chi connectivity index (χ1v) is 11.0. The van der Waals surface area contributed by atoms with Crippen LogP contribution in [-0.2, 0) is 14.8 Å². The molecule has 1 heterocycles. The van der Waals surface area contributed by atoms with Crippen molar-refractivity contribution in [2.24, 2.45) is 0 Å². The Hall–Kier alpha value is -3.37. The predicted octanol–water partition coefficient (Wildman–Crippen LogP) is 3.61. The van der Waals surface area contributed by atoms with E-state index in [0.717, 1.165) is 5.56 Å². The zero-order valence-corrected chi connectivity index (χ0v) is 17.8. The molecule has 3 aromatic rings. The molecule has 0 saturated heterocycles. The number of benzene rings is 2. The Balaban J connectivity index is 1.64. The predicted molar refractivity (Wildman–Crippen MR) is 117 cm³/mol. The smallest absolute Gasteiger partial charge is 0.263 e. The Morgan fingerprint density at radius 2 is 1.80 bits per heavy atom. The molecule has 8 nitrogen and oxygen atoms in total. The fraction of sp³-hybridized carbons (Fsp3) is 0.100. The number of hydrogen-bond acceptors (Lipinski definition) is 7. The fourth-order valence-electron chi connectivity index (χ4n) is 2.48. The van der Waals surface area contributed by atoms with Crippen molar-refractivity contribution >= 4 is 44.2 Å². The molecule has 1 amide bonds. The number of sulfonamides is 1. The van der Waals surface area contributed by atoms with E-state index in [-0.39, 0.29) is 15.9 Å². The van der Waals surface area contributed by atoms with Gasteiger partial charge >= 0.3 is 0 Å². The van der Waals surface area contributed by atoms with Crippen LogP contribution in [0.1, 0.15) is 5.56 Å². The normalized spacial score (nSPS) is 11.3. The summed E-state index contributed by atoms with van der Waals surface area (Å²) < 4.78 is 37.5. The van der Waals surface area contributed by atoms with Crippen LogP contribution in [0.15, 0.2) is 65.0 Å². The summed E-state index contributed by atoms with van der Waals surface area (Å²) in [4.78, 5) is 16.1. The molecule has 3 rings (SSSR count). The fourth-order valence-corrected chi connectivity index (χ4v) is 4.27. The molecule has 0 saturated carbocycles. The van der Waals surface area contributed by atoms with Crippen molar-refractivity contribution in [1.82, 2.24) is 4.98 Å². The lowest BCUT2D eigenvalue weighted by Crippen LogP contribution is -2.13. The van der Waals surface area contributed by atoms with Gasteiger partial charge in [0.2, 0.25) is 5.91 Å². The number of nitrogens with zero attached hydrogens (tertiary/aromatic N) is 1. The Morgan fingerprint density at radius 1 is 1.07 bits per heavy atom. The highest BCUT2D eigenvalue weighted by Crippen LogP contribution is 2.28. The molecule has 0 aliphatic carbocycles. The molecule has 0 bridgehead atoms. The minimum Gasteiger partial charge on any atom is -0.493 e. The van der Waals surface area contributed by atoms with E-state index in [4.69, 9.17) is 9.47 Å². The molecule has 0 atom stereocenters. The quantitative estimate of drug-likeness (QED) is 0.513. The largest absolute Gasteiger partial charge is 0.493 e. The number of thiazole rings is 1. The molecule has 0 unspecified atom stereocenters. The summed E-state index contributed by atoms with van der Waals surface area (Å²) >= 11 is 1.18. The molecular weight excluding hydrogens is 426 g/mol. The molecule has 2 aromatic carbocycles. The minimum atomic E-state index is -3.74. The Kier molecular flexibility index (Phi) is 6.70. The molecule has 0 radical (unpaired) electrons. The van der Waals surface area contributed by atoms with Gasteiger partial charge < -0.3 is 14.8 Å². The molecule has 10 heteroatoms. The number of nitrogens with one attached hydrogen (secondary N) is 2. The first kappa shape index (κ1) is 21.3. The topological polar surface area (TPSA) is 107 Å². The molecule has 30 heavy (non-hydrogen) atoms. The summed E-state index contributed by atoms with van der Waals surface area (Å²) in [5.74, 6) is 0.794. The highest BCUT2D eigenvalue weighted by atomic mass is 32.2. The van der Waals surface area contributed by atoms with Crippen LogP contribution in [0.3, 0.4) is 0 Å². The maximum atomic E-state index is 12.3. The van der Waals surface area contributed by atoms with Crippen molar-refractivity contribution in [3.05, 3.63) is 65.7 Å². The minimum absolute atomic E-state index is 0.0663. The maximum Gasteiger partial charge on any atom is 0.263 e. The van der Waals surface area contributed by atoms with E-state index in [1.165, 1.54) is 55.0 Å². The Labute approximate surface area is 178 Å². The third kappa shape index (κ3) is 5.37. The van der Waals surface area contributed by atoms with Crippen LogP contribution in [0, 0.1) is 0 Å². The zero-order valence-electron chi connectivity index (χ0n) is 16.2. The van der Waals surface area contributed by atoms with Gasteiger partial charge in [0.05, 0.1) is 19.1 Å². The molecule has 2 N–H and O–H groups in total. The van der Waals surface area contributed by atoms with E-state index >= 15 is 0 Å². The van der Waals surface area contributed by atoms with Gasteiger partial charge in [0, 0.05) is 23.3 Å². The van der Waals surface area contributed by atoms with Crippen LogP contribution in [-0.4, -0.2) is 33.5 Å². The van der Waals surface area contributed by atoms with Crippen LogP contribution in [0.4, 0.5) is 10.8 Å². The molecule has 0 aliphatic heterocycles. The van der Waals surface area contributed by atoms with E-state index in [2.05, 4.69) is 15.0 Å². The first-order chi connectivity index (χ1) is 14.4. The maximum absolute atomic E-state index is 12.3. The van der Waals surface area contributed by atoms with E-state index < -0.39 is 10.0 Å². The van der Waals surface area contributed by atoms with E-state index in [1.807, 2.05) is 0 Å². The van der Waals surface area contributed by atoms with Crippen molar-refractivity contribution in [1.29, 1.82) is 0 Å². The third-order valence-corrected chi connectivity index (χ3v) is 6.09. The lowest BCUT2D eigenvalue weighted by Gasteiger charge is -2.08. The van der Waals surface area contributed by atoms with Crippen molar-refractivity contribution in [3.63, 3.8) is 0 Å². The monoisotopic (exact) mass is 445 g/mol. The van der Waals surface area contributed by atoms with Crippen molar-refractivity contribution in [2.75, 3.05) is 24.3 Å². The SMILES string of the molecule is COc1ccc(C=CC(=O)Nc2ccc(S(=O)(=O)Nc3nccs3)cc2)cc1OC. The summed E-state index contributed by atoms with van der Waals surface area (Å²) in [6.45, 7) is 0. The number of methoxy groups -OCH3 is 2. The van der Waals surface area contributed by atoms with Crippen molar-refractivity contribution in [2.45, 2.75) is 4.90 Å². The highest BCUT2D eigenvalue weighted by molar-refractivity contribution is 7.93. The lowest BCUT2D eigenvalue weighted by molar-refractivity contribution is -0.111. The zero-order chi connectivity index (χ0) is 21.6. The summed E-state index contributed by atoms with van der Waals surface area (Å²) in [6, 6.07) is 11.1. The van der Waals surface area contributed by atoms with Gasteiger partial charge in [-0.2, -0.15) is 0 Å². The van der Waals surface area contributed by atoms with Gasteiger partial charge in [-0.15, -0.1) is 11.3 Å². The summed E-state index contributed by atoms with van der Waals surface area (Å²) in [7, 11) is -0.654. The van der Waals surface area contributed by atoms with Gasteiger partial charge in [-0.25, -0.2) is 13.4 Å². The Bertz CT molecular complexity index is 1140. The summed E-state index contributed by atoms with van der Waals surface area (Å²) in [6.07, 6.45) is 4.51. The average molecular weight is 446 g/mol. The average Bonchev–Trinajstić information content (AvgIpc) is 3.24. The van der Waals surface area contributed by atoms with Crippen LogP contribution in [0.5, 0.6) is 11.5 Å². The van der Waals surface area contributed by atoms with Crippen LogP contribution in [0.2, 0.25) is 0 Å². The molecular formula is C20H19N3O5S2. The van der Waals surface area contributed by atoms with Crippen LogP contribution >= 0.6 is 11.3 Å². The number of hydrogen-bond donors (Lipinski definition) is 2. The van der Waals surface area contributed by atoms with Crippen molar-refractivity contribution in [3.8, 4) is 11.5 Å². The number of anilines is 2. The van der Waals surface area contributed by atoms with E-state index in [1.54, 1.807) is 36.8 Å². The van der Waals surface area contributed by atoms with Crippen LogP contribution < -0.4 is 19.5 Å². The number of rotatable bonds is 8. The number of amides is 1. The second-order valence-corrected chi connectivity index (χ2v) is 8.48. The number of ether oxygens (including phenoxy) is 2. The van der Waals surface area contributed by atoms with Gasteiger partial charge in [-0.3, -0.25) is 9.52 Å². The number of aromatic nitrogens is 1. The molecule has 0 fully saturated rings. The van der Waals surface area contributed by atoms with Crippen molar-refractivity contribution < 1.29 is 22.7 Å². The first-order valence-electron chi connectivity index (χ1n) is 8.65. The number of carbonyl (C=O) groups excluding carboxylic acids is 1. The second-order valence-electron chi connectivity index (χ2n) is 5.90. The molecule has 0 spiro atoms. The van der Waals surface area contributed by atoms with Gasteiger partial charge in [0.15, 0.2) is 16.6 Å². The van der Waals surface area contributed by atoms with Gasteiger partial charge in [0.1, 0.15) is 0 Å². The molecule has 1 aromatic heterocycles. The van der Waals surface area contributed by atoms with Gasteiger partial charge in [-0.1, -0.05) is 6.07 Å². The summed E-state index contributed by atoms with van der Waals surface area (Å²) in [5.41, 5.74) is 1.22. The third-order valence-electron chi connectivity index (χ3n) is 3.92. The van der Waals surface area contributed by atoms with Crippen LogP contribution in [0.25, 0.3) is 6.08 Å². The van der Waals surface area contributed by atoms with E-state index in [0.29, 0.717) is 17.2 Å². The number of carbonyl (C=O) groups is 1. The van der Waals surface area contributed by atoms with E-state index in [9.17, 15) is 13.2 Å². The second kappa shape index (κ2) is 9.42. The lowest BCUT2D eigenvalue weighted by atomic mass is 10.2. The Morgan fingerprint density at radius 3 is 2.43 bits per heavy atom. The molecule has 0 aliphatic rings. The van der Waals surface area contributed by atoms with Gasteiger partial charge in [0.25, 0.3) is 10.0 Å². The molecule has 156 valence electrons.